The summed E-state index contributed by atoms with van der Waals surface area (Å²) in [5.41, 5.74) is 2.58. The lowest BCUT2D eigenvalue weighted by atomic mass is 9.98. The lowest BCUT2D eigenvalue weighted by Gasteiger charge is -2.34. The Morgan fingerprint density at radius 2 is 1.68 bits per heavy atom. The van der Waals surface area contributed by atoms with Gasteiger partial charge in [0.25, 0.3) is 5.91 Å². The first-order valence-electron chi connectivity index (χ1n) is 12.2. The van der Waals surface area contributed by atoms with Crippen molar-refractivity contribution in [1.29, 1.82) is 0 Å². The second kappa shape index (κ2) is 9.93. The van der Waals surface area contributed by atoms with Crippen molar-refractivity contribution in [3.8, 4) is 11.5 Å². The minimum Gasteiger partial charge on any atom is -0.441 e. The number of hydrogen-bond donors (Lipinski definition) is 0. The molecule has 0 bridgehead atoms. The maximum Gasteiger partial charge on any atom is 0.253 e. The van der Waals surface area contributed by atoms with E-state index in [0.717, 1.165) is 87.2 Å². The van der Waals surface area contributed by atoms with Crippen molar-refractivity contribution >= 4 is 11.9 Å². The number of carbonyl (C=O) groups is 1. The van der Waals surface area contributed by atoms with Gasteiger partial charge in [0.2, 0.25) is 11.8 Å². The molecule has 34 heavy (non-hydrogen) atoms. The SMILES string of the molecule is Cc1oc(-c2ccc(C(=O)N3CCC(C)CC3)cc2)nc1CN1CCN(c2ncccn2)CC1. The molecule has 2 fully saturated rings. The Kier molecular flexibility index (Phi) is 6.58. The molecule has 1 amide bonds. The summed E-state index contributed by atoms with van der Waals surface area (Å²) in [6.45, 7) is 10.3. The zero-order chi connectivity index (χ0) is 23.5. The van der Waals surface area contributed by atoms with E-state index in [1.165, 1.54) is 0 Å². The van der Waals surface area contributed by atoms with Crippen LogP contribution in [0.4, 0.5) is 5.95 Å². The first-order valence-corrected chi connectivity index (χ1v) is 12.2. The van der Waals surface area contributed by atoms with Crippen molar-refractivity contribution in [2.75, 3.05) is 44.2 Å². The Morgan fingerprint density at radius 1 is 1.00 bits per heavy atom. The van der Waals surface area contributed by atoms with Gasteiger partial charge in [0, 0.05) is 69.3 Å². The van der Waals surface area contributed by atoms with Gasteiger partial charge in [-0.3, -0.25) is 9.69 Å². The number of aromatic nitrogens is 3. The fourth-order valence-electron chi connectivity index (χ4n) is 4.62. The molecule has 0 saturated carbocycles. The first kappa shape index (κ1) is 22.5. The van der Waals surface area contributed by atoms with Gasteiger partial charge >= 0.3 is 0 Å². The fraction of sp³-hybridized carbons (Fsp3) is 0.462. The Balaban J connectivity index is 1.19. The van der Waals surface area contributed by atoms with E-state index >= 15 is 0 Å². The summed E-state index contributed by atoms with van der Waals surface area (Å²) in [5.74, 6) is 3.05. The molecule has 0 aliphatic carbocycles. The summed E-state index contributed by atoms with van der Waals surface area (Å²) in [5, 5.41) is 0. The number of benzene rings is 1. The van der Waals surface area contributed by atoms with Crippen molar-refractivity contribution in [1.82, 2.24) is 24.8 Å². The first-order chi connectivity index (χ1) is 16.6. The molecule has 3 aromatic rings. The normalized spacial score (nSPS) is 17.8. The van der Waals surface area contributed by atoms with Crippen molar-refractivity contribution in [2.24, 2.45) is 5.92 Å². The van der Waals surface area contributed by atoms with Gasteiger partial charge in [-0.2, -0.15) is 0 Å². The highest BCUT2D eigenvalue weighted by Crippen LogP contribution is 2.25. The summed E-state index contributed by atoms with van der Waals surface area (Å²) < 4.78 is 6.00. The maximum absolute atomic E-state index is 12.8. The molecule has 0 unspecified atom stereocenters. The monoisotopic (exact) mass is 460 g/mol. The van der Waals surface area contributed by atoms with Crippen LogP contribution in [0, 0.1) is 12.8 Å². The van der Waals surface area contributed by atoms with Crippen LogP contribution in [0.2, 0.25) is 0 Å². The highest BCUT2D eigenvalue weighted by molar-refractivity contribution is 5.94. The minimum atomic E-state index is 0.114. The predicted octanol–water partition coefficient (Wildman–Crippen LogP) is 3.63. The van der Waals surface area contributed by atoms with E-state index in [4.69, 9.17) is 9.40 Å². The van der Waals surface area contributed by atoms with Crippen LogP contribution in [0.1, 0.15) is 41.6 Å². The van der Waals surface area contributed by atoms with Crippen LogP contribution < -0.4 is 4.90 Å². The molecule has 2 aromatic heterocycles. The summed E-state index contributed by atoms with van der Waals surface area (Å²) in [6.07, 6.45) is 5.73. The lowest BCUT2D eigenvalue weighted by Crippen LogP contribution is -2.46. The number of anilines is 1. The minimum absolute atomic E-state index is 0.114. The number of carbonyl (C=O) groups excluding carboxylic acids is 1. The Labute approximate surface area is 200 Å². The summed E-state index contributed by atoms with van der Waals surface area (Å²) in [7, 11) is 0. The zero-order valence-corrected chi connectivity index (χ0v) is 20.0. The Hall–Kier alpha value is -3.26. The van der Waals surface area contributed by atoms with Gasteiger partial charge in [0.15, 0.2) is 0 Å². The molecule has 178 valence electrons. The van der Waals surface area contributed by atoms with Gasteiger partial charge in [0.1, 0.15) is 5.76 Å². The van der Waals surface area contributed by atoms with Crippen LogP contribution in [0.25, 0.3) is 11.5 Å². The predicted molar refractivity (Wildman–Crippen MR) is 130 cm³/mol. The average Bonchev–Trinajstić information content (AvgIpc) is 3.25. The fourth-order valence-corrected chi connectivity index (χ4v) is 4.62. The van der Waals surface area contributed by atoms with E-state index in [2.05, 4.69) is 26.7 Å². The Bertz CT molecular complexity index is 1100. The van der Waals surface area contributed by atoms with Crippen LogP contribution >= 0.6 is 0 Å². The van der Waals surface area contributed by atoms with Crippen molar-refractivity contribution in [3.63, 3.8) is 0 Å². The number of nitrogens with zero attached hydrogens (tertiary/aromatic N) is 6. The van der Waals surface area contributed by atoms with Crippen LogP contribution in [-0.4, -0.2) is 69.9 Å². The standard InChI is InChI=1S/C26H32N6O2/c1-19-8-12-31(13-9-19)25(33)22-6-4-21(5-7-22)24-29-23(20(2)34-24)18-30-14-16-32(17-15-30)26-27-10-3-11-28-26/h3-7,10-11,19H,8-9,12-18H2,1-2H3. The number of aryl methyl sites for hydroxylation is 1. The molecule has 8 nitrogen and oxygen atoms in total. The topological polar surface area (TPSA) is 78.6 Å². The number of hydrogen-bond acceptors (Lipinski definition) is 7. The van der Waals surface area contributed by atoms with E-state index in [9.17, 15) is 4.79 Å². The number of piperazine rings is 1. The van der Waals surface area contributed by atoms with E-state index < -0.39 is 0 Å². The second-order valence-electron chi connectivity index (χ2n) is 9.39. The molecule has 8 heteroatoms. The molecular formula is C26H32N6O2. The largest absolute Gasteiger partial charge is 0.441 e. The van der Waals surface area contributed by atoms with Crippen molar-refractivity contribution in [2.45, 2.75) is 33.2 Å². The Morgan fingerprint density at radius 3 is 2.35 bits per heavy atom. The summed E-state index contributed by atoms with van der Waals surface area (Å²) in [6, 6.07) is 9.49. The van der Waals surface area contributed by atoms with Crippen LogP contribution in [0.5, 0.6) is 0 Å². The third-order valence-electron chi connectivity index (χ3n) is 6.92. The molecule has 0 spiro atoms. The van der Waals surface area contributed by atoms with E-state index in [-0.39, 0.29) is 5.91 Å². The van der Waals surface area contributed by atoms with Gasteiger partial charge < -0.3 is 14.2 Å². The smallest absolute Gasteiger partial charge is 0.253 e. The summed E-state index contributed by atoms with van der Waals surface area (Å²) in [4.78, 5) is 32.9. The van der Waals surface area contributed by atoms with E-state index in [1.807, 2.05) is 42.2 Å². The molecule has 0 radical (unpaired) electrons. The van der Waals surface area contributed by atoms with Crippen molar-refractivity contribution in [3.05, 3.63) is 59.7 Å². The second-order valence-corrected chi connectivity index (χ2v) is 9.39. The molecule has 2 saturated heterocycles. The highest BCUT2D eigenvalue weighted by Gasteiger charge is 2.23. The average molecular weight is 461 g/mol. The van der Waals surface area contributed by atoms with Gasteiger partial charge in [-0.05, 0) is 56.0 Å². The molecular weight excluding hydrogens is 428 g/mol. The molecule has 1 aromatic carbocycles. The molecule has 5 rings (SSSR count). The van der Waals surface area contributed by atoms with Crippen LogP contribution in [0.15, 0.2) is 47.1 Å². The van der Waals surface area contributed by atoms with Gasteiger partial charge in [0.05, 0.1) is 5.69 Å². The summed E-state index contributed by atoms with van der Waals surface area (Å²) >= 11 is 0. The van der Waals surface area contributed by atoms with Crippen molar-refractivity contribution < 1.29 is 9.21 Å². The highest BCUT2D eigenvalue weighted by atomic mass is 16.4. The number of piperidine rings is 1. The quantitative estimate of drug-likeness (QED) is 0.575. The molecule has 0 atom stereocenters. The maximum atomic E-state index is 12.8. The number of likely N-dealkylation sites (tertiary alicyclic amines) is 1. The van der Waals surface area contributed by atoms with Gasteiger partial charge in [-0.15, -0.1) is 0 Å². The van der Waals surface area contributed by atoms with Gasteiger partial charge in [-0.1, -0.05) is 6.92 Å². The van der Waals surface area contributed by atoms with Gasteiger partial charge in [-0.25, -0.2) is 15.0 Å². The van der Waals surface area contributed by atoms with Crippen LogP contribution in [0.3, 0.4) is 0 Å². The zero-order valence-electron chi connectivity index (χ0n) is 20.0. The van der Waals surface area contributed by atoms with E-state index in [1.54, 1.807) is 12.4 Å². The number of oxazole rings is 1. The number of amides is 1. The molecule has 2 aliphatic rings. The third-order valence-corrected chi connectivity index (χ3v) is 6.92. The molecule has 2 aliphatic heterocycles. The van der Waals surface area contributed by atoms with Crippen LogP contribution in [-0.2, 0) is 6.54 Å². The van der Waals surface area contributed by atoms with E-state index in [0.29, 0.717) is 11.8 Å². The third kappa shape index (κ3) is 4.97. The number of rotatable bonds is 5. The molecule has 0 N–H and O–H groups in total. The lowest BCUT2D eigenvalue weighted by molar-refractivity contribution is 0.0697. The molecule has 4 heterocycles.